The number of piperazine rings is 1. The maximum atomic E-state index is 13.8. The average Bonchev–Trinajstić information content (AvgIpc) is 3.26. The van der Waals surface area contributed by atoms with E-state index in [1.165, 1.54) is 31.4 Å². The summed E-state index contributed by atoms with van der Waals surface area (Å²) in [6.07, 6.45) is -0.365. The number of halogens is 1. The second-order valence-electron chi connectivity index (χ2n) is 8.47. The van der Waals surface area contributed by atoms with Crippen molar-refractivity contribution in [1.29, 1.82) is 0 Å². The Bertz CT molecular complexity index is 1140. The highest BCUT2D eigenvalue weighted by Gasteiger charge is 2.73. The van der Waals surface area contributed by atoms with Gasteiger partial charge in [0.2, 0.25) is 17.7 Å². The van der Waals surface area contributed by atoms with Gasteiger partial charge in [0.05, 0.1) is 31.1 Å². The fraction of sp³-hybridized carbons (Fsp3) is 0.333. The molecule has 3 fully saturated rings. The first-order valence-electron chi connectivity index (χ1n) is 10.7. The molecule has 3 saturated heterocycles. The number of hydrogen-bond donors (Lipinski definition) is 1. The Hall–Kier alpha value is -3.59. The van der Waals surface area contributed by atoms with Crippen LogP contribution in [0.5, 0.6) is 0 Å². The van der Waals surface area contributed by atoms with Crippen LogP contribution in [-0.2, 0) is 23.9 Å². The third-order valence-electron chi connectivity index (χ3n) is 6.95. The van der Waals surface area contributed by atoms with Crippen LogP contribution >= 0.6 is 0 Å². The van der Waals surface area contributed by atoms with E-state index < -0.39 is 52.9 Å². The molecule has 3 amide bonds. The molecule has 33 heavy (non-hydrogen) atoms. The summed E-state index contributed by atoms with van der Waals surface area (Å²) < 4.78 is 18.4. The molecule has 0 saturated carbocycles. The topological polar surface area (TPSA) is 96.0 Å². The van der Waals surface area contributed by atoms with Crippen molar-refractivity contribution < 1.29 is 28.3 Å². The fourth-order valence-electron chi connectivity index (χ4n) is 5.65. The first-order valence-corrected chi connectivity index (χ1v) is 10.7. The summed E-state index contributed by atoms with van der Waals surface area (Å²) in [5, 5.41) is 2.79. The predicted molar refractivity (Wildman–Crippen MR) is 114 cm³/mol. The van der Waals surface area contributed by atoms with Gasteiger partial charge in [0, 0.05) is 19.1 Å². The molecule has 3 aliphatic rings. The maximum absolute atomic E-state index is 13.8. The zero-order valence-corrected chi connectivity index (χ0v) is 17.9. The summed E-state index contributed by atoms with van der Waals surface area (Å²) >= 11 is 0. The van der Waals surface area contributed by atoms with E-state index in [1.807, 2.05) is 35.2 Å². The molecule has 1 N–H and O–H groups in total. The van der Waals surface area contributed by atoms with Crippen molar-refractivity contribution in [3.05, 3.63) is 66.0 Å². The molecule has 0 radical (unpaired) electrons. The van der Waals surface area contributed by atoms with Gasteiger partial charge in [-0.05, 0) is 29.8 Å². The minimum Gasteiger partial charge on any atom is -0.469 e. The number of anilines is 1. The van der Waals surface area contributed by atoms with Crippen LogP contribution in [0.3, 0.4) is 0 Å². The molecule has 0 aliphatic carbocycles. The SMILES string of the molecule is COC(=O)C[C@]12C(=O)NCCN1[C@H](c1ccccc1)[C@@H]1C(=O)N(c3ccc(F)cc3)C(=O)[C@H]12. The molecular weight excluding hydrogens is 429 g/mol. The molecule has 0 spiro atoms. The Morgan fingerprint density at radius 3 is 2.45 bits per heavy atom. The number of amides is 3. The van der Waals surface area contributed by atoms with Gasteiger partial charge in [-0.25, -0.2) is 9.29 Å². The number of ether oxygens (including phenoxy) is 1. The van der Waals surface area contributed by atoms with Crippen LogP contribution in [-0.4, -0.2) is 54.3 Å². The van der Waals surface area contributed by atoms with Crippen LogP contribution in [0.2, 0.25) is 0 Å². The Kier molecular flexibility index (Phi) is 5.01. The molecule has 9 heteroatoms. The van der Waals surface area contributed by atoms with Gasteiger partial charge in [0.1, 0.15) is 11.4 Å². The van der Waals surface area contributed by atoms with Crippen LogP contribution in [0.4, 0.5) is 10.1 Å². The second-order valence-corrected chi connectivity index (χ2v) is 8.47. The summed E-state index contributed by atoms with van der Waals surface area (Å²) in [6, 6.07) is 13.7. The number of imide groups is 1. The summed E-state index contributed by atoms with van der Waals surface area (Å²) in [5.41, 5.74) is -0.572. The molecule has 3 heterocycles. The van der Waals surface area contributed by atoms with Crippen LogP contribution < -0.4 is 10.2 Å². The molecule has 0 aromatic heterocycles. The van der Waals surface area contributed by atoms with Crippen molar-refractivity contribution in [2.75, 3.05) is 25.1 Å². The van der Waals surface area contributed by atoms with Gasteiger partial charge in [-0.3, -0.25) is 24.1 Å². The zero-order chi connectivity index (χ0) is 23.3. The number of rotatable bonds is 4. The molecular formula is C24H22FN3O5. The van der Waals surface area contributed by atoms with E-state index in [4.69, 9.17) is 4.74 Å². The van der Waals surface area contributed by atoms with Gasteiger partial charge >= 0.3 is 5.97 Å². The lowest BCUT2D eigenvalue weighted by Gasteiger charge is -2.45. The highest BCUT2D eigenvalue weighted by atomic mass is 19.1. The molecule has 5 rings (SSSR count). The number of nitrogens with one attached hydrogen (secondary N) is 1. The maximum Gasteiger partial charge on any atom is 0.307 e. The van der Waals surface area contributed by atoms with Gasteiger partial charge in [-0.2, -0.15) is 0 Å². The molecule has 4 atom stereocenters. The molecule has 2 aromatic carbocycles. The highest BCUT2D eigenvalue weighted by molar-refractivity contribution is 6.24. The normalized spacial score (nSPS) is 29.0. The number of carbonyl (C=O) groups is 4. The van der Waals surface area contributed by atoms with Crippen LogP contribution in [0.15, 0.2) is 54.6 Å². The first-order chi connectivity index (χ1) is 15.9. The van der Waals surface area contributed by atoms with E-state index in [2.05, 4.69) is 5.32 Å². The van der Waals surface area contributed by atoms with Gasteiger partial charge in [0.15, 0.2) is 0 Å². The average molecular weight is 451 g/mol. The molecule has 8 nitrogen and oxygen atoms in total. The number of benzene rings is 2. The molecule has 0 bridgehead atoms. The highest BCUT2D eigenvalue weighted by Crippen LogP contribution is 2.57. The van der Waals surface area contributed by atoms with Crippen molar-refractivity contribution in [2.24, 2.45) is 11.8 Å². The molecule has 0 unspecified atom stereocenters. The molecule has 3 aliphatic heterocycles. The van der Waals surface area contributed by atoms with Crippen molar-refractivity contribution in [3.63, 3.8) is 0 Å². The van der Waals surface area contributed by atoms with Gasteiger partial charge in [-0.15, -0.1) is 0 Å². The van der Waals surface area contributed by atoms with Crippen LogP contribution in [0.1, 0.15) is 18.0 Å². The zero-order valence-electron chi connectivity index (χ0n) is 17.9. The lowest BCUT2D eigenvalue weighted by Crippen LogP contribution is -2.67. The largest absolute Gasteiger partial charge is 0.469 e. The summed E-state index contributed by atoms with van der Waals surface area (Å²) in [5.74, 6) is -4.67. The van der Waals surface area contributed by atoms with Crippen molar-refractivity contribution >= 4 is 29.4 Å². The minimum atomic E-state index is -1.57. The van der Waals surface area contributed by atoms with Gasteiger partial charge in [-0.1, -0.05) is 30.3 Å². The summed E-state index contributed by atoms with van der Waals surface area (Å²) in [7, 11) is 1.22. The third-order valence-corrected chi connectivity index (χ3v) is 6.95. The van der Waals surface area contributed by atoms with E-state index in [0.717, 1.165) is 10.5 Å². The fourth-order valence-corrected chi connectivity index (χ4v) is 5.65. The smallest absolute Gasteiger partial charge is 0.307 e. The summed E-state index contributed by atoms with van der Waals surface area (Å²) in [4.78, 5) is 56.3. The molecule has 2 aromatic rings. The van der Waals surface area contributed by atoms with Crippen LogP contribution in [0, 0.1) is 17.7 Å². The predicted octanol–water partition coefficient (Wildman–Crippen LogP) is 1.42. The number of hydrogen-bond acceptors (Lipinski definition) is 6. The van der Waals surface area contributed by atoms with E-state index >= 15 is 0 Å². The Morgan fingerprint density at radius 2 is 1.79 bits per heavy atom. The van der Waals surface area contributed by atoms with Gasteiger partial charge in [0.25, 0.3) is 0 Å². The Labute approximate surface area is 189 Å². The number of esters is 1. The molecule has 170 valence electrons. The van der Waals surface area contributed by atoms with E-state index in [-0.39, 0.29) is 12.1 Å². The number of methoxy groups -OCH3 is 1. The lowest BCUT2D eigenvalue weighted by molar-refractivity contribution is -0.154. The first kappa shape index (κ1) is 21.3. The van der Waals surface area contributed by atoms with E-state index in [9.17, 15) is 23.6 Å². The minimum absolute atomic E-state index is 0.226. The number of carbonyl (C=O) groups excluding carboxylic acids is 4. The quantitative estimate of drug-likeness (QED) is 0.558. The van der Waals surface area contributed by atoms with E-state index in [1.54, 1.807) is 0 Å². The van der Waals surface area contributed by atoms with Crippen molar-refractivity contribution in [2.45, 2.75) is 18.0 Å². The van der Waals surface area contributed by atoms with Gasteiger partial charge < -0.3 is 10.1 Å². The summed E-state index contributed by atoms with van der Waals surface area (Å²) in [6.45, 7) is 0.695. The van der Waals surface area contributed by atoms with Crippen molar-refractivity contribution in [3.8, 4) is 0 Å². The van der Waals surface area contributed by atoms with Crippen LogP contribution in [0.25, 0.3) is 0 Å². The Morgan fingerprint density at radius 1 is 1.09 bits per heavy atom. The monoisotopic (exact) mass is 451 g/mol. The lowest BCUT2D eigenvalue weighted by atomic mass is 9.76. The Balaban J connectivity index is 1.70. The number of nitrogens with zero attached hydrogens (tertiary/aromatic N) is 2. The number of fused-ring (bicyclic) bond motifs is 3. The van der Waals surface area contributed by atoms with E-state index in [0.29, 0.717) is 13.1 Å². The standard InChI is InChI=1S/C24H22FN3O5/c1-33-17(29)13-24-19-18(21(30)28(22(19)31)16-9-7-15(25)8-10-16)20(14-5-3-2-4-6-14)27(24)12-11-26-23(24)32/h2-10,18-20H,11-13H2,1H3,(H,26,32)/t18-,19+,20-,24+/m1/s1. The second kappa shape index (κ2) is 7.77. The van der Waals surface area contributed by atoms with Crippen molar-refractivity contribution in [1.82, 2.24) is 10.2 Å². The third kappa shape index (κ3) is 2.99.